The van der Waals surface area contributed by atoms with E-state index in [0.717, 1.165) is 102 Å². The summed E-state index contributed by atoms with van der Waals surface area (Å²) in [5.41, 5.74) is 0. The van der Waals surface area contributed by atoms with Gasteiger partial charge in [0.1, 0.15) is 19.3 Å². The van der Waals surface area contributed by atoms with Gasteiger partial charge in [0.25, 0.3) is 0 Å². The summed E-state index contributed by atoms with van der Waals surface area (Å²) in [7, 11) is -9.89. The quantitative estimate of drug-likeness (QED) is 0.0222. The summed E-state index contributed by atoms with van der Waals surface area (Å²) in [4.78, 5) is 72.2. The van der Waals surface area contributed by atoms with Crippen LogP contribution in [0.5, 0.6) is 0 Å². The van der Waals surface area contributed by atoms with Crippen molar-refractivity contribution in [3.63, 3.8) is 0 Å². The average molecular weight is 1240 g/mol. The van der Waals surface area contributed by atoms with Crippen molar-refractivity contribution in [3.05, 3.63) is 0 Å². The zero-order valence-corrected chi connectivity index (χ0v) is 55.8. The zero-order chi connectivity index (χ0) is 62.0. The van der Waals surface area contributed by atoms with Crippen molar-refractivity contribution < 1.29 is 80.2 Å². The van der Waals surface area contributed by atoms with Crippen LogP contribution in [0.4, 0.5) is 0 Å². The molecule has 0 amide bonds. The summed E-state index contributed by atoms with van der Waals surface area (Å²) in [5, 5.41) is 10.5. The fraction of sp³-hybridized carbons (Fsp3) is 0.938. The fourth-order valence-corrected chi connectivity index (χ4v) is 11.3. The molecule has 0 aliphatic carbocycles. The maximum atomic E-state index is 13.0. The third-order valence-electron chi connectivity index (χ3n) is 15.4. The van der Waals surface area contributed by atoms with Crippen LogP contribution in [-0.2, 0) is 65.4 Å². The van der Waals surface area contributed by atoms with Gasteiger partial charge in [-0.25, -0.2) is 9.13 Å². The Morgan fingerprint density at radius 1 is 0.333 bits per heavy atom. The molecule has 84 heavy (non-hydrogen) atoms. The number of rotatable bonds is 65. The Morgan fingerprint density at radius 2 is 0.571 bits per heavy atom. The number of unbranched alkanes of at least 4 members (excludes halogenated alkanes) is 36. The van der Waals surface area contributed by atoms with Crippen LogP contribution in [0.25, 0.3) is 0 Å². The van der Waals surface area contributed by atoms with Crippen molar-refractivity contribution in [2.75, 3.05) is 39.6 Å². The second-order valence-corrected chi connectivity index (χ2v) is 26.7. The van der Waals surface area contributed by atoms with Gasteiger partial charge in [0.15, 0.2) is 12.2 Å². The average Bonchev–Trinajstić information content (AvgIpc) is 3.60. The minimum atomic E-state index is -4.94. The highest BCUT2D eigenvalue weighted by atomic mass is 31.2. The Morgan fingerprint density at radius 3 is 0.845 bits per heavy atom. The van der Waals surface area contributed by atoms with Crippen molar-refractivity contribution in [3.8, 4) is 0 Å². The minimum Gasteiger partial charge on any atom is -0.462 e. The van der Waals surface area contributed by atoms with Gasteiger partial charge in [0.2, 0.25) is 0 Å². The van der Waals surface area contributed by atoms with Crippen molar-refractivity contribution in [2.45, 2.75) is 348 Å². The van der Waals surface area contributed by atoms with E-state index in [0.29, 0.717) is 25.7 Å². The molecule has 3 N–H and O–H groups in total. The number of carbonyl (C=O) groups excluding carboxylic acids is 4. The normalized spacial score (nSPS) is 14.5. The van der Waals surface area contributed by atoms with Crippen LogP contribution in [0.2, 0.25) is 0 Å². The van der Waals surface area contributed by atoms with E-state index in [2.05, 4.69) is 34.6 Å². The Bertz CT molecular complexity index is 1640. The molecule has 0 aliphatic rings. The van der Waals surface area contributed by atoms with Crippen LogP contribution in [0, 0.1) is 5.92 Å². The van der Waals surface area contributed by atoms with Gasteiger partial charge in [0, 0.05) is 25.7 Å². The summed E-state index contributed by atoms with van der Waals surface area (Å²) < 4.78 is 68.0. The number of phosphoric ester groups is 2. The number of ether oxygens (including phenoxy) is 4. The predicted molar refractivity (Wildman–Crippen MR) is 335 cm³/mol. The summed E-state index contributed by atoms with van der Waals surface area (Å²) in [6.45, 7) is 7.18. The van der Waals surface area contributed by atoms with E-state index in [4.69, 9.17) is 37.0 Å². The largest absolute Gasteiger partial charge is 0.472 e. The summed E-state index contributed by atoms with van der Waals surface area (Å²) >= 11 is 0. The Balaban J connectivity index is 5.23. The molecule has 0 heterocycles. The molecule has 0 saturated heterocycles. The monoisotopic (exact) mass is 1240 g/mol. The molecular formula is C65H126O17P2. The topological polar surface area (TPSA) is 237 Å². The van der Waals surface area contributed by atoms with E-state index in [1.165, 1.54) is 148 Å². The smallest absolute Gasteiger partial charge is 0.462 e. The SMILES string of the molecule is CCCCCCCCCCCCCCC(=O)OC[C@H](COP(=O)(O)OC[C@@H](O)COP(=O)(O)OC[C@@H](COC(=O)CCCCCCCCCC)OC(=O)CCCCCCCCCCCCCC)OC(=O)CCCCCCCCCCC(C)CC. The van der Waals surface area contributed by atoms with Gasteiger partial charge in [0.05, 0.1) is 26.4 Å². The van der Waals surface area contributed by atoms with Crippen molar-refractivity contribution in [1.82, 2.24) is 0 Å². The van der Waals surface area contributed by atoms with Crippen LogP contribution in [0.1, 0.15) is 330 Å². The summed E-state index contributed by atoms with van der Waals surface area (Å²) in [6.07, 6.45) is 42.9. The molecule has 0 spiro atoms. The lowest BCUT2D eigenvalue weighted by Crippen LogP contribution is -2.30. The summed E-state index contributed by atoms with van der Waals surface area (Å²) in [6, 6.07) is 0. The Kier molecular flexibility index (Phi) is 57.4. The van der Waals surface area contributed by atoms with Gasteiger partial charge >= 0.3 is 39.5 Å². The fourth-order valence-electron chi connectivity index (χ4n) is 9.73. The molecule has 0 aliphatic heterocycles. The molecule has 0 aromatic rings. The van der Waals surface area contributed by atoms with Gasteiger partial charge < -0.3 is 33.8 Å². The number of esters is 4. The van der Waals surface area contributed by atoms with E-state index < -0.39 is 97.5 Å². The Hall–Kier alpha value is -1.94. The first-order valence-electron chi connectivity index (χ1n) is 34.2. The molecule has 0 aromatic carbocycles. The number of aliphatic hydroxyl groups excluding tert-OH is 1. The number of aliphatic hydroxyl groups is 1. The Labute approximate surface area is 511 Å². The van der Waals surface area contributed by atoms with Crippen molar-refractivity contribution in [1.29, 1.82) is 0 Å². The highest BCUT2D eigenvalue weighted by Crippen LogP contribution is 2.45. The van der Waals surface area contributed by atoms with E-state index in [1.807, 2.05) is 0 Å². The van der Waals surface area contributed by atoms with Gasteiger partial charge in [-0.15, -0.1) is 0 Å². The third-order valence-corrected chi connectivity index (χ3v) is 17.3. The lowest BCUT2D eigenvalue weighted by Gasteiger charge is -2.21. The highest BCUT2D eigenvalue weighted by molar-refractivity contribution is 7.47. The first-order chi connectivity index (χ1) is 40.6. The van der Waals surface area contributed by atoms with Gasteiger partial charge in [-0.1, -0.05) is 279 Å². The van der Waals surface area contributed by atoms with Crippen LogP contribution in [-0.4, -0.2) is 96.7 Å². The lowest BCUT2D eigenvalue weighted by atomic mass is 9.99. The summed E-state index contributed by atoms with van der Waals surface area (Å²) in [5.74, 6) is -1.36. The molecule has 19 heteroatoms. The van der Waals surface area contributed by atoms with Gasteiger partial charge in [-0.2, -0.15) is 0 Å². The molecule has 3 unspecified atom stereocenters. The first-order valence-corrected chi connectivity index (χ1v) is 37.2. The molecular weight excluding hydrogens is 1110 g/mol. The first kappa shape index (κ1) is 82.1. The van der Waals surface area contributed by atoms with E-state index in [-0.39, 0.29) is 25.7 Å². The second kappa shape index (κ2) is 58.7. The van der Waals surface area contributed by atoms with Crippen LogP contribution < -0.4 is 0 Å². The highest BCUT2D eigenvalue weighted by Gasteiger charge is 2.30. The number of hydrogen-bond acceptors (Lipinski definition) is 15. The minimum absolute atomic E-state index is 0.105. The predicted octanol–water partition coefficient (Wildman–Crippen LogP) is 18.2. The molecule has 0 saturated carbocycles. The number of hydrogen-bond donors (Lipinski definition) is 3. The maximum Gasteiger partial charge on any atom is 0.472 e. The maximum absolute atomic E-state index is 13.0. The van der Waals surface area contributed by atoms with Crippen LogP contribution in [0.3, 0.4) is 0 Å². The molecule has 17 nitrogen and oxygen atoms in total. The van der Waals surface area contributed by atoms with Crippen molar-refractivity contribution in [2.24, 2.45) is 5.92 Å². The van der Waals surface area contributed by atoms with E-state index in [1.54, 1.807) is 0 Å². The third kappa shape index (κ3) is 57.8. The van der Waals surface area contributed by atoms with E-state index in [9.17, 15) is 43.2 Å². The molecule has 0 radical (unpaired) electrons. The molecule has 0 fully saturated rings. The van der Waals surface area contributed by atoms with Crippen molar-refractivity contribution >= 4 is 39.5 Å². The lowest BCUT2D eigenvalue weighted by molar-refractivity contribution is -0.161. The molecule has 0 aromatic heterocycles. The second-order valence-electron chi connectivity index (χ2n) is 23.7. The van der Waals surface area contributed by atoms with E-state index >= 15 is 0 Å². The van der Waals surface area contributed by atoms with Gasteiger partial charge in [-0.05, 0) is 31.6 Å². The molecule has 498 valence electrons. The zero-order valence-electron chi connectivity index (χ0n) is 54.0. The molecule has 0 bridgehead atoms. The van der Waals surface area contributed by atoms with Crippen LogP contribution >= 0.6 is 15.6 Å². The standard InChI is InChI=1S/C65H126O17P2/c1-6-10-13-16-19-22-24-26-28-34-39-44-49-63(68)76-55-61(82-65(70)51-46-41-36-31-30-32-37-42-47-58(5)9-4)57-80-84(73,74)78-53-59(66)52-77-83(71,72)79-56-60(54-75-62(67)48-43-38-33-21-18-15-12-8-3)81-64(69)50-45-40-35-29-27-25-23-20-17-14-11-7-2/h58-61,66H,6-57H2,1-5H3,(H,71,72)(H,73,74)/t58?,59-,60+,61+/m0/s1. The number of carbonyl (C=O) groups is 4. The van der Waals surface area contributed by atoms with Gasteiger partial charge in [-0.3, -0.25) is 37.3 Å². The molecule has 6 atom stereocenters. The number of phosphoric acid groups is 2. The van der Waals surface area contributed by atoms with Crippen LogP contribution in [0.15, 0.2) is 0 Å². The molecule has 0 rings (SSSR count).